The highest BCUT2D eigenvalue weighted by Gasteiger charge is 2.37. The van der Waals surface area contributed by atoms with Crippen molar-refractivity contribution in [1.82, 2.24) is 0 Å². The number of hydrogen-bond acceptors (Lipinski definition) is 4. The first kappa shape index (κ1) is 22.2. The Morgan fingerprint density at radius 3 is 1.39 bits per heavy atom. The number of carbonyl (C=O) groups excluding carboxylic acids is 2. The minimum Gasteiger partial charge on any atom is -0.485 e. The minimum absolute atomic E-state index is 0.0810. The Morgan fingerprint density at radius 2 is 1.13 bits per heavy atom. The van der Waals surface area contributed by atoms with Gasteiger partial charge in [0.05, 0.1) is 11.8 Å². The van der Waals surface area contributed by atoms with Crippen LogP contribution in [0.5, 0.6) is 0 Å². The summed E-state index contributed by atoms with van der Waals surface area (Å²) in [6.45, 7) is 11.8. The highest BCUT2D eigenvalue weighted by Crippen LogP contribution is 2.21. The zero-order valence-electron chi connectivity index (χ0n) is 15.9. The van der Waals surface area contributed by atoms with Crippen LogP contribution in [0.2, 0.25) is 13.1 Å². The summed E-state index contributed by atoms with van der Waals surface area (Å²) in [5, 5.41) is 0. The molecule has 0 aromatic rings. The van der Waals surface area contributed by atoms with Gasteiger partial charge in [0.1, 0.15) is 0 Å². The largest absolute Gasteiger partial charge is 0.485 e. The van der Waals surface area contributed by atoms with E-state index in [1.54, 1.807) is 13.1 Å². The molecule has 5 heteroatoms. The molecule has 0 aromatic heterocycles. The molecule has 0 heterocycles. The maximum atomic E-state index is 12.3. The van der Waals surface area contributed by atoms with E-state index in [-0.39, 0.29) is 23.8 Å². The summed E-state index contributed by atoms with van der Waals surface area (Å²) in [6.07, 6.45) is 7.40. The van der Waals surface area contributed by atoms with Crippen LogP contribution in [0, 0.1) is 11.8 Å². The smallest absolute Gasteiger partial charge is 0.457 e. The molecule has 0 amide bonds. The lowest BCUT2D eigenvalue weighted by Crippen LogP contribution is -2.42. The Balaban J connectivity index is 4.60. The molecule has 0 saturated carbocycles. The second-order valence-electron chi connectivity index (χ2n) is 6.74. The van der Waals surface area contributed by atoms with Crippen molar-refractivity contribution in [1.29, 1.82) is 0 Å². The molecule has 0 fully saturated rings. The predicted molar refractivity (Wildman–Crippen MR) is 96.3 cm³/mol. The van der Waals surface area contributed by atoms with Crippen LogP contribution in [0.4, 0.5) is 0 Å². The van der Waals surface area contributed by atoms with Crippen LogP contribution >= 0.6 is 0 Å². The van der Waals surface area contributed by atoms with Crippen LogP contribution in [0.15, 0.2) is 0 Å². The summed E-state index contributed by atoms with van der Waals surface area (Å²) in [7, 11) is -2.77. The molecule has 0 saturated heterocycles. The van der Waals surface area contributed by atoms with Crippen molar-refractivity contribution in [2.24, 2.45) is 11.8 Å². The molecular weight excluding hydrogens is 308 g/mol. The van der Waals surface area contributed by atoms with E-state index in [0.29, 0.717) is 0 Å². The third-order valence-corrected chi connectivity index (χ3v) is 5.54. The average Bonchev–Trinajstić information content (AvgIpc) is 2.47. The van der Waals surface area contributed by atoms with E-state index in [2.05, 4.69) is 13.8 Å². The number of unbranched alkanes of at least 4 members (excludes halogenated alkanes) is 2. The molecular formula is C18H36O4Si. The van der Waals surface area contributed by atoms with Gasteiger partial charge in [0.15, 0.2) is 0 Å². The van der Waals surface area contributed by atoms with Gasteiger partial charge in [0, 0.05) is 13.1 Å². The molecule has 0 bridgehead atoms. The Morgan fingerprint density at radius 1 is 0.783 bits per heavy atom. The maximum absolute atomic E-state index is 12.3. The molecule has 2 unspecified atom stereocenters. The van der Waals surface area contributed by atoms with Crippen LogP contribution < -0.4 is 0 Å². The van der Waals surface area contributed by atoms with Crippen molar-refractivity contribution < 1.29 is 18.4 Å². The quantitative estimate of drug-likeness (QED) is 0.456. The molecule has 0 aliphatic rings. The van der Waals surface area contributed by atoms with E-state index in [4.69, 9.17) is 8.85 Å². The van der Waals surface area contributed by atoms with Gasteiger partial charge in [-0.25, -0.2) is 0 Å². The fourth-order valence-electron chi connectivity index (χ4n) is 2.55. The summed E-state index contributed by atoms with van der Waals surface area (Å²) < 4.78 is 11.2. The Bertz CT molecular complexity index is 323. The minimum atomic E-state index is -2.77. The fraction of sp³-hybridized carbons (Fsp3) is 0.889. The van der Waals surface area contributed by atoms with Crippen molar-refractivity contribution in [2.75, 3.05) is 0 Å². The van der Waals surface area contributed by atoms with Crippen molar-refractivity contribution in [3.8, 4) is 0 Å². The summed E-state index contributed by atoms with van der Waals surface area (Å²) in [5.41, 5.74) is 0. The van der Waals surface area contributed by atoms with Crippen LogP contribution in [0.3, 0.4) is 0 Å². The highest BCUT2D eigenvalue weighted by molar-refractivity contribution is 6.67. The van der Waals surface area contributed by atoms with Gasteiger partial charge in [0.2, 0.25) is 0 Å². The van der Waals surface area contributed by atoms with Gasteiger partial charge < -0.3 is 8.85 Å². The average molecular weight is 345 g/mol. The number of carbonyl (C=O) groups is 2. The van der Waals surface area contributed by atoms with Gasteiger partial charge in [-0.3, -0.25) is 9.59 Å². The molecule has 2 atom stereocenters. The van der Waals surface area contributed by atoms with Crippen LogP contribution in [-0.4, -0.2) is 20.5 Å². The van der Waals surface area contributed by atoms with Gasteiger partial charge in [-0.2, -0.15) is 0 Å². The molecule has 0 N–H and O–H groups in total. The van der Waals surface area contributed by atoms with Gasteiger partial charge in [-0.15, -0.1) is 0 Å². The molecule has 0 spiro atoms. The fourth-order valence-corrected chi connectivity index (χ4v) is 3.89. The molecule has 0 rings (SSSR count). The molecule has 0 aliphatic heterocycles. The Hall–Kier alpha value is -0.843. The van der Waals surface area contributed by atoms with E-state index >= 15 is 0 Å². The van der Waals surface area contributed by atoms with Crippen LogP contribution in [0.1, 0.15) is 79.1 Å². The molecule has 23 heavy (non-hydrogen) atoms. The lowest BCUT2D eigenvalue weighted by Gasteiger charge is -2.26. The Kier molecular flexibility index (Phi) is 11.2. The van der Waals surface area contributed by atoms with Gasteiger partial charge in [-0.1, -0.05) is 53.4 Å². The first-order valence-electron chi connectivity index (χ1n) is 9.26. The SMILES string of the molecule is CCCCC(CC)C(=O)O[Si](C)(C)OC(=O)C(CC)CCCC. The van der Waals surface area contributed by atoms with E-state index < -0.39 is 8.56 Å². The molecule has 4 nitrogen and oxygen atoms in total. The standard InChI is InChI=1S/C18H36O4Si/c1-7-11-13-15(9-3)17(19)21-23(5,6)22-18(20)16(10-4)14-12-8-2/h15-16H,7-14H2,1-6H3. The maximum Gasteiger partial charge on any atom is 0.457 e. The van der Waals surface area contributed by atoms with Crippen molar-refractivity contribution in [2.45, 2.75) is 92.2 Å². The summed E-state index contributed by atoms with van der Waals surface area (Å²) >= 11 is 0. The number of hydrogen-bond donors (Lipinski definition) is 0. The number of rotatable bonds is 12. The molecule has 0 aromatic carbocycles. The predicted octanol–water partition coefficient (Wildman–Crippen LogP) is 5.21. The van der Waals surface area contributed by atoms with Gasteiger partial charge in [-0.05, 0) is 25.7 Å². The zero-order valence-corrected chi connectivity index (χ0v) is 16.9. The van der Waals surface area contributed by atoms with Crippen molar-refractivity contribution in [3.63, 3.8) is 0 Å². The van der Waals surface area contributed by atoms with E-state index in [1.165, 1.54) is 0 Å². The van der Waals surface area contributed by atoms with E-state index in [0.717, 1.165) is 51.4 Å². The molecule has 136 valence electrons. The van der Waals surface area contributed by atoms with E-state index in [1.807, 2.05) is 13.8 Å². The second-order valence-corrected chi connectivity index (χ2v) is 9.94. The van der Waals surface area contributed by atoms with Crippen molar-refractivity contribution >= 4 is 20.5 Å². The Labute approximate surface area is 143 Å². The normalized spacial score (nSPS) is 14.2. The van der Waals surface area contributed by atoms with E-state index in [9.17, 15) is 9.59 Å². The second kappa shape index (κ2) is 11.7. The van der Waals surface area contributed by atoms with Gasteiger partial charge >= 0.3 is 8.56 Å². The third-order valence-electron chi connectivity index (χ3n) is 4.16. The monoisotopic (exact) mass is 344 g/mol. The topological polar surface area (TPSA) is 52.6 Å². The first-order valence-corrected chi connectivity index (χ1v) is 12.1. The lowest BCUT2D eigenvalue weighted by molar-refractivity contribution is -0.146. The molecule has 0 aliphatic carbocycles. The van der Waals surface area contributed by atoms with Crippen LogP contribution in [-0.2, 0) is 18.4 Å². The third kappa shape index (κ3) is 9.13. The first-order chi connectivity index (χ1) is 10.8. The molecule has 0 radical (unpaired) electrons. The summed E-state index contributed by atoms with van der Waals surface area (Å²) in [5.74, 6) is -0.566. The highest BCUT2D eigenvalue weighted by atomic mass is 28.4. The summed E-state index contributed by atoms with van der Waals surface area (Å²) in [4.78, 5) is 24.6. The van der Waals surface area contributed by atoms with Crippen LogP contribution in [0.25, 0.3) is 0 Å². The lowest BCUT2D eigenvalue weighted by atomic mass is 10.00. The van der Waals surface area contributed by atoms with Gasteiger partial charge in [0.25, 0.3) is 11.9 Å². The summed E-state index contributed by atoms with van der Waals surface area (Å²) in [6, 6.07) is 0. The zero-order chi connectivity index (χ0) is 17.9. The van der Waals surface area contributed by atoms with Crippen molar-refractivity contribution in [3.05, 3.63) is 0 Å².